The SMILES string of the molecule is CCOC(=O)C(CC=C1CCN(c2cccnc2)C1=O)Nc1cc(Cl)ccc1I. The van der Waals surface area contributed by atoms with Crippen molar-refractivity contribution in [2.45, 2.75) is 25.8 Å². The number of carbonyl (C=O) groups is 2. The second-order valence-corrected chi connectivity index (χ2v) is 8.05. The molecule has 0 bridgehead atoms. The van der Waals surface area contributed by atoms with Crippen LogP contribution in [-0.2, 0) is 14.3 Å². The number of hydrogen-bond donors (Lipinski definition) is 1. The zero-order chi connectivity index (χ0) is 20.8. The number of benzene rings is 1. The Balaban J connectivity index is 1.75. The normalized spacial score (nSPS) is 16.2. The molecule has 2 heterocycles. The highest BCUT2D eigenvalue weighted by atomic mass is 127. The number of carbonyl (C=O) groups excluding carboxylic acids is 2. The molecular formula is C21H21ClIN3O3. The van der Waals surface area contributed by atoms with Gasteiger partial charge in [-0.05, 0) is 72.7 Å². The molecule has 0 radical (unpaired) electrons. The number of ether oxygens (including phenoxy) is 1. The minimum Gasteiger partial charge on any atom is -0.464 e. The van der Waals surface area contributed by atoms with Crippen LogP contribution in [0.5, 0.6) is 0 Å². The number of rotatable bonds is 7. The van der Waals surface area contributed by atoms with Gasteiger partial charge in [-0.3, -0.25) is 9.78 Å². The maximum atomic E-state index is 12.7. The fraction of sp³-hybridized carbons (Fsp3) is 0.286. The molecule has 8 heteroatoms. The molecule has 29 heavy (non-hydrogen) atoms. The summed E-state index contributed by atoms with van der Waals surface area (Å²) in [5, 5.41) is 3.78. The minimum atomic E-state index is -0.616. The molecule has 1 atom stereocenters. The molecule has 1 fully saturated rings. The van der Waals surface area contributed by atoms with Gasteiger partial charge in [0.15, 0.2) is 0 Å². The van der Waals surface area contributed by atoms with Gasteiger partial charge >= 0.3 is 5.97 Å². The number of pyridine rings is 1. The van der Waals surface area contributed by atoms with Crippen LogP contribution < -0.4 is 10.2 Å². The Kier molecular flexibility index (Phi) is 7.49. The van der Waals surface area contributed by atoms with Gasteiger partial charge in [0, 0.05) is 32.6 Å². The van der Waals surface area contributed by atoms with Crippen LogP contribution in [0.4, 0.5) is 11.4 Å². The molecule has 6 nitrogen and oxygen atoms in total. The average Bonchev–Trinajstić information content (AvgIpc) is 3.09. The molecule has 1 aromatic carbocycles. The van der Waals surface area contributed by atoms with Gasteiger partial charge < -0.3 is 15.0 Å². The summed E-state index contributed by atoms with van der Waals surface area (Å²) in [5.74, 6) is -0.423. The highest BCUT2D eigenvalue weighted by molar-refractivity contribution is 14.1. The maximum Gasteiger partial charge on any atom is 0.328 e. The molecule has 3 rings (SSSR count). The number of hydrogen-bond acceptors (Lipinski definition) is 5. The van der Waals surface area contributed by atoms with Gasteiger partial charge in [0.2, 0.25) is 0 Å². The average molecular weight is 526 g/mol. The largest absolute Gasteiger partial charge is 0.464 e. The molecule has 1 aromatic heterocycles. The molecule has 152 valence electrons. The summed E-state index contributed by atoms with van der Waals surface area (Å²) >= 11 is 8.27. The quantitative estimate of drug-likeness (QED) is 0.329. The van der Waals surface area contributed by atoms with Crippen molar-refractivity contribution < 1.29 is 14.3 Å². The van der Waals surface area contributed by atoms with E-state index in [2.05, 4.69) is 32.9 Å². The van der Waals surface area contributed by atoms with Crippen LogP contribution in [0.25, 0.3) is 0 Å². The predicted octanol–water partition coefficient (Wildman–Crippen LogP) is 4.44. The molecule has 0 saturated carbocycles. The van der Waals surface area contributed by atoms with Crippen molar-refractivity contribution in [1.29, 1.82) is 0 Å². The Morgan fingerprint density at radius 2 is 2.28 bits per heavy atom. The van der Waals surface area contributed by atoms with Crippen LogP contribution >= 0.6 is 34.2 Å². The van der Waals surface area contributed by atoms with Crippen LogP contribution in [0.3, 0.4) is 0 Å². The van der Waals surface area contributed by atoms with Crippen molar-refractivity contribution in [1.82, 2.24) is 4.98 Å². The number of nitrogens with zero attached hydrogens (tertiary/aromatic N) is 2. The van der Waals surface area contributed by atoms with Crippen LogP contribution in [0.2, 0.25) is 5.02 Å². The Morgan fingerprint density at radius 3 is 3.00 bits per heavy atom. The summed E-state index contributed by atoms with van der Waals surface area (Å²) in [6, 6.07) is 8.48. The summed E-state index contributed by atoms with van der Waals surface area (Å²) in [7, 11) is 0. The Morgan fingerprint density at radius 1 is 1.45 bits per heavy atom. The lowest BCUT2D eigenvalue weighted by Crippen LogP contribution is -2.31. The number of amides is 1. The third-order valence-electron chi connectivity index (χ3n) is 4.51. The lowest BCUT2D eigenvalue weighted by atomic mass is 10.1. The molecule has 0 aliphatic carbocycles. The number of halogens is 2. The molecule has 1 aliphatic rings. The summed E-state index contributed by atoms with van der Waals surface area (Å²) in [6.45, 7) is 2.65. The van der Waals surface area contributed by atoms with Crippen LogP contribution in [0.1, 0.15) is 19.8 Å². The van der Waals surface area contributed by atoms with Gasteiger partial charge in [-0.1, -0.05) is 17.7 Å². The van der Waals surface area contributed by atoms with Crippen molar-refractivity contribution >= 4 is 57.4 Å². The predicted molar refractivity (Wildman–Crippen MR) is 122 cm³/mol. The smallest absolute Gasteiger partial charge is 0.328 e. The molecular weight excluding hydrogens is 505 g/mol. The first-order valence-corrected chi connectivity index (χ1v) is 10.7. The zero-order valence-electron chi connectivity index (χ0n) is 15.9. The molecule has 0 spiro atoms. The summed E-state index contributed by atoms with van der Waals surface area (Å²) in [5.41, 5.74) is 2.21. The first-order valence-electron chi connectivity index (χ1n) is 9.28. The monoisotopic (exact) mass is 525 g/mol. The lowest BCUT2D eigenvalue weighted by molar-refractivity contribution is -0.144. The van der Waals surface area contributed by atoms with E-state index in [0.29, 0.717) is 30.0 Å². The topological polar surface area (TPSA) is 71.5 Å². The molecule has 1 saturated heterocycles. The van der Waals surface area contributed by atoms with E-state index in [0.717, 1.165) is 14.9 Å². The van der Waals surface area contributed by atoms with Crippen molar-refractivity contribution in [3.63, 3.8) is 0 Å². The fourth-order valence-corrected chi connectivity index (χ4v) is 3.74. The van der Waals surface area contributed by atoms with E-state index in [9.17, 15) is 9.59 Å². The Hall–Kier alpha value is -2.13. The maximum absolute atomic E-state index is 12.7. The van der Waals surface area contributed by atoms with E-state index in [1.54, 1.807) is 42.4 Å². The third kappa shape index (κ3) is 5.48. The summed E-state index contributed by atoms with van der Waals surface area (Å²) < 4.78 is 6.15. The van der Waals surface area contributed by atoms with Crippen molar-refractivity contribution in [2.75, 3.05) is 23.4 Å². The van der Waals surface area contributed by atoms with Gasteiger partial charge in [-0.15, -0.1) is 0 Å². The van der Waals surface area contributed by atoms with Gasteiger partial charge in [-0.25, -0.2) is 4.79 Å². The van der Waals surface area contributed by atoms with Crippen LogP contribution in [0, 0.1) is 3.57 Å². The third-order valence-corrected chi connectivity index (χ3v) is 5.69. The van der Waals surface area contributed by atoms with Gasteiger partial charge in [-0.2, -0.15) is 0 Å². The molecule has 1 amide bonds. The molecule has 1 unspecified atom stereocenters. The lowest BCUT2D eigenvalue weighted by Gasteiger charge is -2.18. The first-order chi connectivity index (χ1) is 14.0. The van der Waals surface area contributed by atoms with Crippen molar-refractivity contribution in [3.05, 3.63) is 63.0 Å². The number of anilines is 2. The first kappa shape index (κ1) is 21.6. The van der Waals surface area contributed by atoms with Crippen molar-refractivity contribution in [2.24, 2.45) is 0 Å². The van der Waals surface area contributed by atoms with E-state index in [1.165, 1.54) is 0 Å². The number of aromatic nitrogens is 1. The second-order valence-electron chi connectivity index (χ2n) is 6.46. The molecule has 1 N–H and O–H groups in total. The van der Waals surface area contributed by atoms with E-state index in [1.807, 2.05) is 18.2 Å². The van der Waals surface area contributed by atoms with Gasteiger partial charge in [0.25, 0.3) is 5.91 Å². The van der Waals surface area contributed by atoms with Crippen LogP contribution in [0.15, 0.2) is 54.4 Å². The number of nitrogens with one attached hydrogen (secondary N) is 1. The highest BCUT2D eigenvalue weighted by Crippen LogP contribution is 2.26. The molecule has 2 aromatic rings. The standard InChI is InChI=1S/C21H21ClIN3O3/c1-2-29-21(28)18(25-19-12-15(22)6-7-17(19)23)8-5-14-9-11-26(20(14)27)16-4-3-10-24-13-16/h3-7,10,12-13,18,25H,2,8-9,11H2,1H3. The zero-order valence-corrected chi connectivity index (χ0v) is 18.8. The van der Waals surface area contributed by atoms with Gasteiger partial charge in [0.1, 0.15) is 6.04 Å². The van der Waals surface area contributed by atoms with Crippen LogP contribution in [-0.4, -0.2) is 36.1 Å². The van der Waals surface area contributed by atoms with E-state index < -0.39 is 6.04 Å². The molecule has 1 aliphatic heterocycles. The van der Waals surface area contributed by atoms with Crippen molar-refractivity contribution in [3.8, 4) is 0 Å². The van der Waals surface area contributed by atoms with E-state index in [4.69, 9.17) is 16.3 Å². The Bertz CT molecular complexity index is 921. The Labute approximate surface area is 188 Å². The van der Waals surface area contributed by atoms with E-state index >= 15 is 0 Å². The number of esters is 1. The highest BCUT2D eigenvalue weighted by Gasteiger charge is 2.28. The summed E-state index contributed by atoms with van der Waals surface area (Å²) in [6.07, 6.45) is 6.13. The van der Waals surface area contributed by atoms with E-state index in [-0.39, 0.29) is 18.5 Å². The minimum absolute atomic E-state index is 0.0575. The summed E-state index contributed by atoms with van der Waals surface area (Å²) in [4.78, 5) is 31.0. The van der Waals surface area contributed by atoms with Gasteiger partial charge in [0.05, 0.1) is 18.5 Å². The second kappa shape index (κ2) is 10.1. The fourth-order valence-electron chi connectivity index (χ4n) is 3.08.